The fraction of sp³-hybridized carbons (Fsp3) is 0. The summed E-state index contributed by atoms with van der Waals surface area (Å²) < 4.78 is 13.0. The molecule has 0 saturated heterocycles. The molecule has 0 aliphatic heterocycles. The first-order valence-electron chi connectivity index (χ1n) is 19.5. The van der Waals surface area contributed by atoms with Gasteiger partial charge < -0.3 is 8.83 Å². The first kappa shape index (κ1) is 31.3. The van der Waals surface area contributed by atoms with Gasteiger partial charge in [-0.15, -0.1) is 0 Å². The van der Waals surface area contributed by atoms with Crippen molar-refractivity contribution >= 4 is 65.4 Å². The van der Waals surface area contributed by atoms with E-state index >= 15 is 0 Å². The Kier molecular flexibility index (Phi) is 6.38. The summed E-state index contributed by atoms with van der Waals surface area (Å²) in [5, 5.41) is 8.92. The van der Waals surface area contributed by atoms with Crippen LogP contribution in [0, 0.1) is 0 Å². The largest absolute Gasteiger partial charge is 0.456 e. The molecule has 12 aromatic rings. The number of aromatic nitrogens is 3. The summed E-state index contributed by atoms with van der Waals surface area (Å²) in [5.41, 5.74) is 13.1. The van der Waals surface area contributed by atoms with Gasteiger partial charge in [0.15, 0.2) is 17.5 Å². The molecule has 0 bridgehead atoms. The van der Waals surface area contributed by atoms with Gasteiger partial charge in [-0.3, -0.25) is 0 Å². The van der Waals surface area contributed by atoms with E-state index in [4.69, 9.17) is 23.8 Å². The molecule has 0 N–H and O–H groups in total. The van der Waals surface area contributed by atoms with E-state index in [1.807, 2.05) is 54.6 Å². The number of benzene rings is 9. The molecular weight excluding hydrogens is 711 g/mol. The van der Waals surface area contributed by atoms with Crippen molar-refractivity contribution in [3.05, 3.63) is 176 Å². The summed E-state index contributed by atoms with van der Waals surface area (Å²) in [7, 11) is 0. The fourth-order valence-electron chi connectivity index (χ4n) is 9.37. The van der Waals surface area contributed by atoms with E-state index in [1.54, 1.807) is 0 Å². The van der Waals surface area contributed by atoms with Crippen molar-refractivity contribution in [3.8, 4) is 67.5 Å². The molecule has 268 valence electrons. The molecule has 13 rings (SSSR count). The molecule has 0 fully saturated rings. The smallest absolute Gasteiger partial charge is 0.164 e. The molecule has 0 atom stereocenters. The highest BCUT2D eigenvalue weighted by Gasteiger charge is 2.30. The topological polar surface area (TPSA) is 65.0 Å². The average molecular weight is 740 g/mol. The maximum Gasteiger partial charge on any atom is 0.164 e. The van der Waals surface area contributed by atoms with Crippen LogP contribution in [0.5, 0.6) is 0 Å². The summed E-state index contributed by atoms with van der Waals surface area (Å²) in [5.74, 6) is 1.78. The van der Waals surface area contributed by atoms with Crippen LogP contribution in [0.2, 0.25) is 0 Å². The predicted octanol–water partition coefficient (Wildman–Crippen LogP) is 14.3. The van der Waals surface area contributed by atoms with Crippen LogP contribution < -0.4 is 0 Å². The Morgan fingerprint density at radius 3 is 1.69 bits per heavy atom. The zero-order chi connectivity index (χ0) is 37.9. The minimum Gasteiger partial charge on any atom is -0.456 e. The molecule has 1 aliphatic rings. The lowest BCUT2D eigenvalue weighted by Crippen LogP contribution is -2.01. The number of hydrogen-bond acceptors (Lipinski definition) is 5. The van der Waals surface area contributed by atoms with E-state index < -0.39 is 0 Å². The number of rotatable bonds is 4. The average Bonchev–Trinajstić information content (AvgIpc) is 3.96. The molecule has 0 saturated carbocycles. The molecule has 5 heteroatoms. The third-order valence-electron chi connectivity index (χ3n) is 11.8. The van der Waals surface area contributed by atoms with E-state index in [2.05, 4.69) is 121 Å². The van der Waals surface area contributed by atoms with Gasteiger partial charge in [-0.1, -0.05) is 140 Å². The Balaban J connectivity index is 1.14. The number of fused-ring (bicyclic) bond motifs is 10. The van der Waals surface area contributed by atoms with E-state index in [0.29, 0.717) is 17.5 Å². The lowest BCUT2D eigenvalue weighted by molar-refractivity contribution is 0.668. The van der Waals surface area contributed by atoms with Crippen molar-refractivity contribution in [1.82, 2.24) is 15.0 Å². The summed E-state index contributed by atoms with van der Waals surface area (Å²) in [4.78, 5) is 15.7. The molecule has 3 heterocycles. The zero-order valence-corrected chi connectivity index (χ0v) is 30.9. The Hall–Kier alpha value is -7.89. The Morgan fingerprint density at radius 1 is 0.293 bits per heavy atom. The summed E-state index contributed by atoms with van der Waals surface area (Å²) in [6.07, 6.45) is 0. The quantitative estimate of drug-likeness (QED) is 0.180. The van der Waals surface area contributed by atoms with E-state index in [9.17, 15) is 0 Å². The van der Waals surface area contributed by atoms with Gasteiger partial charge in [0.2, 0.25) is 0 Å². The van der Waals surface area contributed by atoms with Gasteiger partial charge in [-0.2, -0.15) is 0 Å². The number of furan rings is 2. The van der Waals surface area contributed by atoms with Gasteiger partial charge in [-0.05, 0) is 85.8 Å². The highest BCUT2D eigenvalue weighted by atomic mass is 16.3. The van der Waals surface area contributed by atoms with Crippen LogP contribution in [-0.2, 0) is 0 Å². The molecule has 0 unspecified atom stereocenters. The molecule has 0 amide bonds. The van der Waals surface area contributed by atoms with Crippen LogP contribution in [0.25, 0.3) is 133 Å². The first-order chi connectivity index (χ1) is 28.7. The maximum atomic E-state index is 6.71. The van der Waals surface area contributed by atoms with Crippen LogP contribution >= 0.6 is 0 Å². The van der Waals surface area contributed by atoms with Gasteiger partial charge >= 0.3 is 0 Å². The van der Waals surface area contributed by atoms with E-state index in [0.717, 1.165) is 82.5 Å². The van der Waals surface area contributed by atoms with Crippen LogP contribution in [0.15, 0.2) is 185 Å². The van der Waals surface area contributed by atoms with Crippen LogP contribution in [-0.4, -0.2) is 15.0 Å². The van der Waals surface area contributed by atoms with Gasteiger partial charge in [0, 0.05) is 43.8 Å². The van der Waals surface area contributed by atoms with E-state index in [-0.39, 0.29) is 0 Å². The van der Waals surface area contributed by atoms with Gasteiger partial charge in [0.05, 0.1) is 0 Å². The summed E-state index contributed by atoms with van der Waals surface area (Å²) in [6.45, 7) is 0. The molecule has 9 aromatic carbocycles. The summed E-state index contributed by atoms with van der Waals surface area (Å²) in [6, 6.07) is 61.4. The minimum atomic E-state index is 0.585. The molecule has 0 spiro atoms. The van der Waals surface area contributed by atoms with Crippen molar-refractivity contribution in [1.29, 1.82) is 0 Å². The van der Waals surface area contributed by atoms with Gasteiger partial charge in [0.25, 0.3) is 0 Å². The van der Waals surface area contributed by atoms with Crippen LogP contribution in [0.1, 0.15) is 0 Å². The number of para-hydroxylation sites is 2. The normalized spacial score (nSPS) is 12.1. The second-order valence-corrected chi connectivity index (χ2v) is 15.0. The SMILES string of the molecule is c1ccc(-c2nc(-c3cc(-c4c5c(cc6oc7ccccc7c46)-c4cccc6cccc-5c46)c4ccccc4c3)nc(-c3cccc4oc5ccccc5c34)n2)cc1. The highest BCUT2D eigenvalue weighted by molar-refractivity contribution is 6.27. The zero-order valence-electron chi connectivity index (χ0n) is 30.9. The number of nitrogens with zero attached hydrogens (tertiary/aromatic N) is 3. The highest BCUT2D eigenvalue weighted by Crippen LogP contribution is 2.56. The minimum absolute atomic E-state index is 0.585. The molecule has 5 nitrogen and oxygen atoms in total. The maximum absolute atomic E-state index is 6.71. The monoisotopic (exact) mass is 739 g/mol. The second kappa shape index (κ2) is 11.8. The first-order valence-corrected chi connectivity index (χ1v) is 19.5. The predicted molar refractivity (Wildman–Crippen MR) is 236 cm³/mol. The van der Waals surface area contributed by atoms with Crippen molar-refractivity contribution in [2.45, 2.75) is 0 Å². The second-order valence-electron chi connectivity index (χ2n) is 15.0. The summed E-state index contributed by atoms with van der Waals surface area (Å²) >= 11 is 0. The molecule has 1 aliphatic carbocycles. The third kappa shape index (κ3) is 4.44. The molecule has 58 heavy (non-hydrogen) atoms. The third-order valence-corrected chi connectivity index (χ3v) is 11.8. The molecule has 0 radical (unpaired) electrons. The Bertz CT molecular complexity index is 3690. The Morgan fingerprint density at radius 2 is 0.879 bits per heavy atom. The lowest BCUT2D eigenvalue weighted by Gasteiger charge is -2.17. The molecular formula is C53H29N3O2. The Labute approximate surface area is 331 Å². The van der Waals surface area contributed by atoms with E-state index in [1.165, 1.54) is 33.0 Å². The van der Waals surface area contributed by atoms with Crippen molar-refractivity contribution < 1.29 is 8.83 Å². The van der Waals surface area contributed by atoms with Gasteiger partial charge in [-0.25, -0.2) is 15.0 Å². The standard InChI is InChI=1S/C53H29N3O2/c1-2-13-31(14-3-1)51-54-52(56-53(55-51)39-23-12-26-44-47(39)36-19-6-8-24-42(36)57-44)33-27-32-15-4-5-18-34(32)40(28-33)50-48-38-22-11-17-30-16-10-21-35(46(30)38)41(48)29-45-49(50)37-20-7-9-25-43(37)58-45/h1-29H. The van der Waals surface area contributed by atoms with Crippen molar-refractivity contribution in [2.24, 2.45) is 0 Å². The molecule has 3 aromatic heterocycles. The van der Waals surface area contributed by atoms with Crippen molar-refractivity contribution in [2.75, 3.05) is 0 Å². The van der Waals surface area contributed by atoms with Gasteiger partial charge in [0.1, 0.15) is 22.3 Å². The number of hydrogen-bond donors (Lipinski definition) is 0. The van der Waals surface area contributed by atoms with Crippen LogP contribution in [0.4, 0.5) is 0 Å². The lowest BCUT2D eigenvalue weighted by atomic mass is 9.86. The van der Waals surface area contributed by atoms with Crippen molar-refractivity contribution in [3.63, 3.8) is 0 Å². The van der Waals surface area contributed by atoms with Crippen LogP contribution in [0.3, 0.4) is 0 Å². The fourth-order valence-corrected chi connectivity index (χ4v) is 9.37.